The Labute approximate surface area is 135 Å². The number of hydrogen-bond acceptors (Lipinski definition) is 2. The van der Waals surface area contributed by atoms with E-state index in [-0.39, 0.29) is 17.9 Å². The van der Waals surface area contributed by atoms with Gasteiger partial charge in [-0.3, -0.25) is 0 Å². The van der Waals surface area contributed by atoms with Crippen LogP contribution >= 0.6 is 0 Å². The molecule has 23 heavy (non-hydrogen) atoms. The van der Waals surface area contributed by atoms with Crippen molar-refractivity contribution < 1.29 is 13.9 Å². The molecule has 5 heteroatoms. The number of carbonyl (C=O) groups is 1. The zero-order valence-corrected chi connectivity index (χ0v) is 13.5. The summed E-state index contributed by atoms with van der Waals surface area (Å²) >= 11 is 0. The number of carbonyl (C=O) groups excluding carboxylic acids is 1. The molecule has 2 aromatic carbocycles. The van der Waals surface area contributed by atoms with Gasteiger partial charge in [0.1, 0.15) is 11.6 Å². The summed E-state index contributed by atoms with van der Waals surface area (Å²) in [6.07, 6.45) is 0. The highest BCUT2D eigenvalue weighted by Gasteiger charge is 2.14. The molecule has 0 spiro atoms. The van der Waals surface area contributed by atoms with Crippen molar-refractivity contribution in [2.24, 2.45) is 0 Å². The first-order valence-corrected chi connectivity index (χ1v) is 7.43. The zero-order chi connectivity index (χ0) is 16.8. The van der Waals surface area contributed by atoms with Gasteiger partial charge in [-0.05, 0) is 37.6 Å². The van der Waals surface area contributed by atoms with E-state index >= 15 is 0 Å². The van der Waals surface area contributed by atoms with Crippen LogP contribution in [0.25, 0.3) is 0 Å². The summed E-state index contributed by atoms with van der Waals surface area (Å²) in [5, 5.41) is 5.63. The van der Waals surface area contributed by atoms with E-state index in [1.54, 1.807) is 19.2 Å². The Morgan fingerprint density at radius 1 is 1.22 bits per heavy atom. The Balaban J connectivity index is 1.94. The standard InChI is InChI=1S/C18H21FN2O2/c1-12-4-9-17(23-3)16(10-12)13(2)21-18(22)20-11-14-5-7-15(19)8-6-14/h4-10,13H,11H2,1-3H3,(H2,20,21,22). The second kappa shape index (κ2) is 7.63. The number of ether oxygens (including phenoxy) is 1. The molecule has 0 saturated carbocycles. The number of urea groups is 1. The molecule has 0 aliphatic carbocycles. The monoisotopic (exact) mass is 316 g/mol. The number of halogens is 1. The third-order valence-corrected chi connectivity index (χ3v) is 3.57. The minimum atomic E-state index is -0.293. The Hall–Kier alpha value is -2.56. The summed E-state index contributed by atoms with van der Waals surface area (Å²) in [6.45, 7) is 4.23. The summed E-state index contributed by atoms with van der Waals surface area (Å²) in [6, 6.07) is 11.4. The second-order valence-electron chi connectivity index (χ2n) is 5.42. The predicted octanol–water partition coefficient (Wildman–Crippen LogP) is 3.70. The number of hydrogen-bond donors (Lipinski definition) is 2. The van der Waals surface area contributed by atoms with Crippen LogP contribution in [0.1, 0.15) is 29.7 Å². The minimum Gasteiger partial charge on any atom is -0.496 e. The first-order chi connectivity index (χ1) is 11.0. The lowest BCUT2D eigenvalue weighted by molar-refractivity contribution is 0.237. The summed E-state index contributed by atoms with van der Waals surface area (Å²) in [7, 11) is 1.61. The molecule has 0 radical (unpaired) electrons. The number of methoxy groups -OCH3 is 1. The molecule has 2 N–H and O–H groups in total. The lowest BCUT2D eigenvalue weighted by atomic mass is 10.0. The molecule has 2 rings (SSSR count). The van der Waals surface area contributed by atoms with Crippen molar-refractivity contribution in [1.29, 1.82) is 0 Å². The summed E-state index contributed by atoms with van der Waals surface area (Å²) in [4.78, 5) is 12.0. The first-order valence-electron chi connectivity index (χ1n) is 7.43. The summed E-state index contributed by atoms with van der Waals surface area (Å²) in [5.41, 5.74) is 2.85. The molecule has 1 unspecified atom stereocenters. The van der Waals surface area contributed by atoms with E-state index in [4.69, 9.17) is 4.74 Å². The molecular weight excluding hydrogens is 295 g/mol. The third kappa shape index (κ3) is 4.71. The van der Waals surface area contributed by atoms with E-state index in [0.29, 0.717) is 6.54 Å². The summed E-state index contributed by atoms with van der Waals surface area (Å²) < 4.78 is 18.2. The van der Waals surface area contributed by atoms with Crippen molar-refractivity contribution >= 4 is 6.03 Å². The van der Waals surface area contributed by atoms with E-state index in [2.05, 4.69) is 10.6 Å². The molecule has 0 saturated heterocycles. The average Bonchev–Trinajstić information content (AvgIpc) is 2.54. The topological polar surface area (TPSA) is 50.4 Å². The Morgan fingerprint density at radius 2 is 1.91 bits per heavy atom. The predicted molar refractivity (Wildman–Crippen MR) is 87.9 cm³/mol. The molecule has 0 bridgehead atoms. The lowest BCUT2D eigenvalue weighted by Gasteiger charge is -2.18. The van der Waals surface area contributed by atoms with Gasteiger partial charge >= 0.3 is 6.03 Å². The van der Waals surface area contributed by atoms with Crippen molar-refractivity contribution in [3.8, 4) is 5.75 Å². The minimum absolute atomic E-state index is 0.196. The molecule has 2 aromatic rings. The highest BCUT2D eigenvalue weighted by Crippen LogP contribution is 2.25. The molecule has 0 heterocycles. The number of nitrogens with one attached hydrogen (secondary N) is 2. The average molecular weight is 316 g/mol. The smallest absolute Gasteiger partial charge is 0.315 e. The lowest BCUT2D eigenvalue weighted by Crippen LogP contribution is -2.36. The van der Waals surface area contributed by atoms with Crippen LogP contribution in [-0.4, -0.2) is 13.1 Å². The van der Waals surface area contributed by atoms with Gasteiger partial charge in [0.25, 0.3) is 0 Å². The van der Waals surface area contributed by atoms with Gasteiger partial charge in [0, 0.05) is 12.1 Å². The Bertz CT molecular complexity index is 671. The van der Waals surface area contributed by atoms with Gasteiger partial charge < -0.3 is 15.4 Å². The first kappa shape index (κ1) is 16.8. The van der Waals surface area contributed by atoms with Crippen molar-refractivity contribution in [3.05, 3.63) is 65.0 Å². The van der Waals surface area contributed by atoms with Crippen LogP contribution in [0.15, 0.2) is 42.5 Å². The van der Waals surface area contributed by atoms with Crippen LogP contribution in [0.5, 0.6) is 5.75 Å². The van der Waals surface area contributed by atoms with Crippen LogP contribution in [-0.2, 0) is 6.54 Å². The largest absolute Gasteiger partial charge is 0.496 e. The van der Waals surface area contributed by atoms with E-state index in [9.17, 15) is 9.18 Å². The molecule has 0 fully saturated rings. The van der Waals surface area contributed by atoms with E-state index in [1.165, 1.54) is 12.1 Å². The normalized spacial score (nSPS) is 11.7. The fourth-order valence-electron chi connectivity index (χ4n) is 2.30. The van der Waals surface area contributed by atoms with Gasteiger partial charge in [-0.1, -0.05) is 29.8 Å². The molecular formula is C18H21FN2O2. The number of amides is 2. The highest BCUT2D eigenvalue weighted by atomic mass is 19.1. The molecule has 2 amide bonds. The molecule has 0 aliphatic rings. The van der Waals surface area contributed by atoms with Crippen LogP contribution in [0, 0.1) is 12.7 Å². The SMILES string of the molecule is COc1ccc(C)cc1C(C)NC(=O)NCc1ccc(F)cc1. The zero-order valence-electron chi connectivity index (χ0n) is 13.5. The molecule has 122 valence electrons. The van der Waals surface area contributed by atoms with E-state index in [0.717, 1.165) is 22.4 Å². The molecule has 4 nitrogen and oxygen atoms in total. The maximum Gasteiger partial charge on any atom is 0.315 e. The molecule has 1 atom stereocenters. The van der Waals surface area contributed by atoms with Crippen LogP contribution in [0.4, 0.5) is 9.18 Å². The maximum atomic E-state index is 12.8. The van der Waals surface area contributed by atoms with E-state index < -0.39 is 0 Å². The number of aryl methyl sites for hydroxylation is 1. The van der Waals surface area contributed by atoms with Crippen molar-refractivity contribution in [1.82, 2.24) is 10.6 Å². The van der Waals surface area contributed by atoms with Crippen molar-refractivity contribution in [2.45, 2.75) is 26.4 Å². The van der Waals surface area contributed by atoms with Crippen molar-refractivity contribution in [3.63, 3.8) is 0 Å². The fraction of sp³-hybridized carbons (Fsp3) is 0.278. The fourth-order valence-corrected chi connectivity index (χ4v) is 2.30. The Kier molecular flexibility index (Phi) is 5.57. The third-order valence-electron chi connectivity index (χ3n) is 3.57. The van der Waals surface area contributed by atoms with Gasteiger partial charge in [0.05, 0.1) is 13.2 Å². The van der Waals surface area contributed by atoms with Gasteiger partial charge in [-0.25, -0.2) is 9.18 Å². The van der Waals surface area contributed by atoms with Gasteiger partial charge in [0.15, 0.2) is 0 Å². The van der Waals surface area contributed by atoms with Gasteiger partial charge in [-0.2, -0.15) is 0 Å². The maximum absolute atomic E-state index is 12.8. The molecule has 0 aromatic heterocycles. The van der Waals surface area contributed by atoms with E-state index in [1.807, 2.05) is 32.0 Å². The van der Waals surface area contributed by atoms with Crippen LogP contribution < -0.4 is 15.4 Å². The number of rotatable bonds is 5. The van der Waals surface area contributed by atoms with Crippen molar-refractivity contribution in [2.75, 3.05) is 7.11 Å². The van der Waals surface area contributed by atoms with Crippen LogP contribution in [0.3, 0.4) is 0 Å². The second-order valence-corrected chi connectivity index (χ2v) is 5.42. The van der Waals surface area contributed by atoms with Gasteiger partial charge in [-0.15, -0.1) is 0 Å². The quantitative estimate of drug-likeness (QED) is 0.883. The number of benzene rings is 2. The summed E-state index contributed by atoms with van der Waals surface area (Å²) in [5.74, 6) is 0.445. The Morgan fingerprint density at radius 3 is 2.57 bits per heavy atom. The van der Waals surface area contributed by atoms with Crippen LogP contribution in [0.2, 0.25) is 0 Å². The molecule has 0 aliphatic heterocycles. The highest BCUT2D eigenvalue weighted by molar-refractivity contribution is 5.74. The van der Waals surface area contributed by atoms with Gasteiger partial charge in [0.2, 0.25) is 0 Å².